The first-order valence-electron chi connectivity index (χ1n) is 5.20. The zero-order valence-electron chi connectivity index (χ0n) is 9.25. The standard InChI is InChI=1S/C12H17BrO2/c1-3-6-14-7-8-15-12-5-4-11(13)9-10(12)2/h4-5,9H,3,6-8H2,1-2H3. The highest BCUT2D eigenvalue weighted by Gasteiger charge is 1.99. The lowest BCUT2D eigenvalue weighted by molar-refractivity contribution is 0.100. The van der Waals surface area contributed by atoms with E-state index in [9.17, 15) is 0 Å². The van der Waals surface area contributed by atoms with Crippen molar-refractivity contribution in [1.29, 1.82) is 0 Å². The lowest BCUT2D eigenvalue weighted by Gasteiger charge is -2.09. The van der Waals surface area contributed by atoms with Gasteiger partial charge < -0.3 is 9.47 Å². The largest absolute Gasteiger partial charge is 0.491 e. The Balaban J connectivity index is 2.31. The average molecular weight is 273 g/mol. The zero-order valence-corrected chi connectivity index (χ0v) is 10.8. The van der Waals surface area contributed by atoms with Gasteiger partial charge in [0.15, 0.2) is 0 Å². The van der Waals surface area contributed by atoms with Crippen molar-refractivity contribution in [3.63, 3.8) is 0 Å². The molecule has 0 bridgehead atoms. The van der Waals surface area contributed by atoms with E-state index in [1.54, 1.807) is 0 Å². The Bertz CT molecular complexity index is 300. The molecule has 0 saturated heterocycles. The smallest absolute Gasteiger partial charge is 0.122 e. The van der Waals surface area contributed by atoms with Gasteiger partial charge in [0.1, 0.15) is 12.4 Å². The molecule has 0 aliphatic carbocycles. The molecule has 1 aromatic carbocycles. The second-order valence-corrected chi connectivity index (χ2v) is 4.29. The molecule has 15 heavy (non-hydrogen) atoms. The molecule has 3 heteroatoms. The van der Waals surface area contributed by atoms with Crippen LogP contribution in [0.25, 0.3) is 0 Å². The van der Waals surface area contributed by atoms with E-state index in [1.807, 2.05) is 25.1 Å². The fourth-order valence-electron chi connectivity index (χ4n) is 1.23. The van der Waals surface area contributed by atoms with Crippen molar-refractivity contribution in [3.05, 3.63) is 28.2 Å². The number of hydrogen-bond donors (Lipinski definition) is 0. The summed E-state index contributed by atoms with van der Waals surface area (Å²) in [6.45, 7) is 6.21. The van der Waals surface area contributed by atoms with Crippen LogP contribution in [-0.2, 0) is 4.74 Å². The lowest BCUT2D eigenvalue weighted by atomic mass is 10.2. The molecule has 1 rings (SSSR count). The van der Waals surface area contributed by atoms with Crippen LogP contribution >= 0.6 is 15.9 Å². The Morgan fingerprint density at radius 3 is 2.67 bits per heavy atom. The molecule has 0 saturated carbocycles. The highest BCUT2D eigenvalue weighted by molar-refractivity contribution is 9.10. The van der Waals surface area contributed by atoms with Crippen molar-refractivity contribution < 1.29 is 9.47 Å². The van der Waals surface area contributed by atoms with Gasteiger partial charge in [-0.25, -0.2) is 0 Å². The van der Waals surface area contributed by atoms with Gasteiger partial charge in [-0.05, 0) is 37.1 Å². The maximum absolute atomic E-state index is 5.59. The summed E-state index contributed by atoms with van der Waals surface area (Å²) in [6, 6.07) is 6.00. The molecule has 0 unspecified atom stereocenters. The molecule has 2 nitrogen and oxygen atoms in total. The van der Waals surface area contributed by atoms with Crippen molar-refractivity contribution in [2.45, 2.75) is 20.3 Å². The van der Waals surface area contributed by atoms with E-state index in [1.165, 1.54) is 0 Å². The Hall–Kier alpha value is -0.540. The van der Waals surface area contributed by atoms with Crippen molar-refractivity contribution in [1.82, 2.24) is 0 Å². The lowest BCUT2D eigenvalue weighted by Crippen LogP contribution is -2.07. The number of aryl methyl sites for hydroxylation is 1. The SMILES string of the molecule is CCCOCCOc1ccc(Br)cc1C. The van der Waals surface area contributed by atoms with Crippen LogP contribution in [0.2, 0.25) is 0 Å². The molecular formula is C12H17BrO2. The fraction of sp³-hybridized carbons (Fsp3) is 0.500. The minimum atomic E-state index is 0.614. The fourth-order valence-corrected chi connectivity index (χ4v) is 1.71. The van der Waals surface area contributed by atoms with E-state index >= 15 is 0 Å². The third kappa shape index (κ3) is 4.67. The minimum Gasteiger partial charge on any atom is -0.491 e. The van der Waals surface area contributed by atoms with Gasteiger partial charge in [-0.15, -0.1) is 0 Å². The van der Waals surface area contributed by atoms with E-state index in [0.29, 0.717) is 13.2 Å². The number of rotatable bonds is 6. The van der Waals surface area contributed by atoms with Crippen molar-refractivity contribution >= 4 is 15.9 Å². The van der Waals surface area contributed by atoms with Gasteiger partial charge >= 0.3 is 0 Å². The zero-order chi connectivity index (χ0) is 11.1. The quantitative estimate of drug-likeness (QED) is 0.738. The highest BCUT2D eigenvalue weighted by atomic mass is 79.9. The summed E-state index contributed by atoms with van der Waals surface area (Å²) in [5, 5.41) is 0. The van der Waals surface area contributed by atoms with E-state index in [-0.39, 0.29) is 0 Å². The van der Waals surface area contributed by atoms with Crippen LogP contribution in [0.1, 0.15) is 18.9 Å². The molecule has 0 aliphatic heterocycles. The summed E-state index contributed by atoms with van der Waals surface area (Å²) in [6.07, 6.45) is 1.05. The van der Waals surface area contributed by atoms with Gasteiger partial charge in [0.05, 0.1) is 6.61 Å². The van der Waals surface area contributed by atoms with Crippen molar-refractivity contribution in [2.24, 2.45) is 0 Å². The van der Waals surface area contributed by atoms with Crippen molar-refractivity contribution in [2.75, 3.05) is 19.8 Å². The Labute approximate surface area is 99.7 Å². The third-order valence-electron chi connectivity index (χ3n) is 1.97. The molecule has 0 N–H and O–H groups in total. The van der Waals surface area contributed by atoms with Crippen LogP contribution in [0.3, 0.4) is 0 Å². The second kappa shape index (κ2) is 6.85. The molecule has 84 valence electrons. The van der Waals surface area contributed by atoms with Gasteiger partial charge in [-0.1, -0.05) is 22.9 Å². The molecule has 1 aromatic rings. The maximum Gasteiger partial charge on any atom is 0.122 e. The summed E-state index contributed by atoms with van der Waals surface area (Å²) in [5.74, 6) is 0.929. The summed E-state index contributed by atoms with van der Waals surface area (Å²) in [4.78, 5) is 0. The summed E-state index contributed by atoms with van der Waals surface area (Å²) in [7, 11) is 0. The number of halogens is 1. The molecule has 0 aromatic heterocycles. The van der Waals surface area contributed by atoms with Crippen LogP contribution in [0.15, 0.2) is 22.7 Å². The summed E-state index contributed by atoms with van der Waals surface area (Å²) >= 11 is 3.42. The predicted molar refractivity (Wildman–Crippen MR) is 65.5 cm³/mol. The van der Waals surface area contributed by atoms with Crippen LogP contribution in [0.4, 0.5) is 0 Å². The molecule has 0 aliphatic rings. The van der Waals surface area contributed by atoms with Gasteiger partial charge in [-0.2, -0.15) is 0 Å². The Morgan fingerprint density at radius 2 is 2.00 bits per heavy atom. The van der Waals surface area contributed by atoms with Gasteiger partial charge in [0.25, 0.3) is 0 Å². The Kier molecular flexibility index (Phi) is 5.73. The number of benzene rings is 1. The first-order chi connectivity index (χ1) is 7.24. The van der Waals surface area contributed by atoms with E-state index in [4.69, 9.17) is 9.47 Å². The maximum atomic E-state index is 5.59. The topological polar surface area (TPSA) is 18.5 Å². The summed E-state index contributed by atoms with van der Waals surface area (Å²) in [5.41, 5.74) is 1.14. The molecular weight excluding hydrogens is 256 g/mol. The second-order valence-electron chi connectivity index (χ2n) is 3.37. The van der Waals surface area contributed by atoms with Gasteiger partial charge in [-0.3, -0.25) is 0 Å². The van der Waals surface area contributed by atoms with Crippen molar-refractivity contribution in [3.8, 4) is 5.75 Å². The van der Waals surface area contributed by atoms with E-state index in [2.05, 4.69) is 22.9 Å². The van der Waals surface area contributed by atoms with Crippen LogP contribution in [0.5, 0.6) is 5.75 Å². The van der Waals surface area contributed by atoms with E-state index in [0.717, 1.165) is 28.8 Å². The van der Waals surface area contributed by atoms with Gasteiger partial charge in [0.2, 0.25) is 0 Å². The number of hydrogen-bond acceptors (Lipinski definition) is 2. The molecule has 0 amide bonds. The summed E-state index contributed by atoms with van der Waals surface area (Å²) < 4.78 is 12.0. The van der Waals surface area contributed by atoms with E-state index < -0.39 is 0 Å². The first kappa shape index (κ1) is 12.5. The minimum absolute atomic E-state index is 0.614. The molecule has 0 radical (unpaired) electrons. The normalized spacial score (nSPS) is 10.3. The first-order valence-corrected chi connectivity index (χ1v) is 6.00. The average Bonchev–Trinajstić information content (AvgIpc) is 2.20. The van der Waals surface area contributed by atoms with Crippen LogP contribution in [0, 0.1) is 6.92 Å². The molecule has 0 heterocycles. The van der Waals surface area contributed by atoms with Crippen LogP contribution in [-0.4, -0.2) is 19.8 Å². The molecule has 0 atom stereocenters. The monoisotopic (exact) mass is 272 g/mol. The molecule has 0 spiro atoms. The van der Waals surface area contributed by atoms with Gasteiger partial charge in [0, 0.05) is 11.1 Å². The predicted octanol–water partition coefficient (Wildman–Crippen LogP) is 3.56. The van der Waals surface area contributed by atoms with Crippen LogP contribution < -0.4 is 4.74 Å². The Morgan fingerprint density at radius 1 is 1.20 bits per heavy atom. The third-order valence-corrected chi connectivity index (χ3v) is 2.46. The highest BCUT2D eigenvalue weighted by Crippen LogP contribution is 2.21. The molecule has 0 fully saturated rings. The number of ether oxygens (including phenoxy) is 2.